The smallest absolute Gasteiger partial charge is 0.320 e. The van der Waals surface area contributed by atoms with Crippen molar-refractivity contribution >= 4 is 23.5 Å². The lowest BCUT2D eigenvalue weighted by Crippen LogP contribution is -2.60. The number of β-amino-alcohol motifs (C(OH)–C–C–N with tert-alkyl or cyclic N) is 1. The number of ether oxygens (including phenoxy) is 2. The Kier molecular flexibility index (Phi) is 6.37. The fourth-order valence-electron chi connectivity index (χ4n) is 5.22. The predicted octanol–water partition coefficient (Wildman–Crippen LogP) is 2.63. The molecule has 0 radical (unpaired) electrons. The molecule has 2 aromatic rings. The van der Waals surface area contributed by atoms with Crippen LogP contribution in [0, 0.1) is 12.3 Å². The first-order chi connectivity index (χ1) is 16.8. The molecule has 4 heterocycles. The summed E-state index contributed by atoms with van der Waals surface area (Å²) in [6.45, 7) is 7.35. The van der Waals surface area contributed by atoms with Crippen molar-refractivity contribution in [3.05, 3.63) is 34.9 Å². The first-order valence-corrected chi connectivity index (χ1v) is 12.0. The highest BCUT2D eigenvalue weighted by atomic mass is 19.1. The maximum Gasteiger partial charge on any atom is 0.320 e. The summed E-state index contributed by atoms with van der Waals surface area (Å²) >= 11 is 0. The number of aliphatic hydroxyl groups is 1. The number of hydrogen-bond acceptors (Lipinski definition) is 9. The van der Waals surface area contributed by atoms with Crippen molar-refractivity contribution in [3.8, 4) is 6.01 Å². The van der Waals surface area contributed by atoms with E-state index in [1.807, 2.05) is 24.0 Å². The third kappa shape index (κ3) is 4.82. The van der Waals surface area contributed by atoms with Gasteiger partial charge in [0.05, 0.1) is 32.0 Å². The number of anilines is 3. The minimum absolute atomic E-state index is 0.202. The molecule has 3 fully saturated rings. The van der Waals surface area contributed by atoms with E-state index in [1.54, 1.807) is 13.0 Å². The van der Waals surface area contributed by atoms with Crippen molar-refractivity contribution < 1.29 is 19.0 Å². The van der Waals surface area contributed by atoms with Gasteiger partial charge >= 0.3 is 6.01 Å². The Labute approximate surface area is 204 Å². The number of piperidine rings is 1. The molecule has 35 heavy (non-hydrogen) atoms. The van der Waals surface area contributed by atoms with Gasteiger partial charge in [0, 0.05) is 49.1 Å². The van der Waals surface area contributed by atoms with Crippen molar-refractivity contribution in [1.29, 1.82) is 5.41 Å². The molecule has 2 unspecified atom stereocenters. The topological polar surface area (TPSA) is 107 Å². The molecule has 0 saturated carbocycles. The lowest BCUT2D eigenvalue weighted by molar-refractivity contribution is -0.0807. The molecule has 0 bridgehead atoms. The van der Waals surface area contributed by atoms with Crippen LogP contribution in [0.25, 0.3) is 0 Å². The van der Waals surface area contributed by atoms with Gasteiger partial charge in [-0.3, -0.25) is 4.90 Å². The zero-order valence-corrected chi connectivity index (χ0v) is 20.4. The summed E-state index contributed by atoms with van der Waals surface area (Å²) in [5, 5.41) is 21.3. The van der Waals surface area contributed by atoms with E-state index in [2.05, 4.69) is 20.2 Å². The Morgan fingerprint density at radius 3 is 2.66 bits per heavy atom. The van der Waals surface area contributed by atoms with Gasteiger partial charge in [0.25, 0.3) is 0 Å². The summed E-state index contributed by atoms with van der Waals surface area (Å²) in [6, 6.07) is 6.22. The number of nitrogens with one attached hydrogen (secondary N) is 2. The van der Waals surface area contributed by atoms with Gasteiger partial charge in [-0.15, -0.1) is 0 Å². The van der Waals surface area contributed by atoms with Crippen molar-refractivity contribution in [2.45, 2.75) is 44.0 Å². The Morgan fingerprint density at radius 2 is 2.06 bits per heavy atom. The van der Waals surface area contributed by atoms with Crippen molar-refractivity contribution in [2.75, 3.05) is 56.7 Å². The molecule has 2 atom stereocenters. The number of aromatic nitrogens is 2. The highest BCUT2D eigenvalue weighted by molar-refractivity contribution is 5.88. The van der Waals surface area contributed by atoms with Crippen molar-refractivity contribution in [2.24, 2.45) is 0 Å². The van der Waals surface area contributed by atoms with Gasteiger partial charge < -0.3 is 30.2 Å². The molecule has 10 heteroatoms. The van der Waals surface area contributed by atoms with Gasteiger partial charge in [-0.05, 0) is 50.1 Å². The standard InChI is InChI=1S/C25H33FN6O3/c1-15-6-16(9-27)21(7-19(15)18-4-5-31(10-20(18)26)17-11-35-12-17)28-22-8-23(30-24(29-22)34-3)32-13-25(2,33)14-32/h6-9,17-18,20,27,33H,4-5,10-14H2,1-3H3,(H,28,29,30). The van der Waals surface area contributed by atoms with Crippen LogP contribution in [0.3, 0.4) is 0 Å². The van der Waals surface area contributed by atoms with Crippen LogP contribution in [-0.4, -0.2) is 90.5 Å². The quantitative estimate of drug-likeness (QED) is 0.515. The Morgan fingerprint density at radius 1 is 1.29 bits per heavy atom. The Balaban J connectivity index is 1.40. The summed E-state index contributed by atoms with van der Waals surface area (Å²) in [7, 11) is 1.51. The fourth-order valence-corrected chi connectivity index (χ4v) is 5.22. The molecule has 0 aliphatic carbocycles. The molecular weight excluding hydrogens is 451 g/mol. The van der Waals surface area contributed by atoms with Crippen LogP contribution in [0.2, 0.25) is 0 Å². The zero-order chi connectivity index (χ0) is 24.7. The molecular formula is C25H33FN6O3. The molecule has 5 rings (SSSR count). The van der Waals surface area contributed by atoms with Gasteiger partial charge in [0.1, 0.15) is 17.8 Å². The van der Waals surface area contributed by atoms with Crippen LogP contribution in [-0.2, 0) is 4.74 Å². The zero-order valence-electron chi connectivity index (χ0n) is 20.4. The highest BCUT2D eigenvalue weighted by Gasteiger charge is 2.38. The minimum Gasteiger partial charge on any atom is -0.467 e. The largest absolute Gasteiger partial charge is 0.467 e. The molecule has 0 spiro atoms. The summed E-state index contributed by atoms with van der Waals surface area (Å²) in [6.07, 6.45) is 1.06. The molecule has 0 amide bonds. The molecule has 3 aliphatic heterocycles. The van der Waals surface area contributed by atoms with Gasteiger partial charge in [-0.25, -0.2) is 4.39 Å². The summed E-state index contributed by atoms with van der Waals surface area (Å²) < 4.78 is 25.9. The number of methoxy groups -OCH3 is 1. The predicted molar refractivity (Wildman–Crippen MR) is 132 cm³/mol. The molecule has 3 N–H and O–H groups in total. The van der Waals surface area contributed by atoms with Crippen LogP contribution in [0.1, 0.15) is 36.0 Å². The second-order valence-electron chi connectivity index (χ2n) is 10.1. The van der Waals surface area contributed by atoms with E-state index >= 15 is 4.39 Å². The van der Waals surface area contributed by atoms with Crippen molar-refractivity contribution in [3.63, 3.8) is 0 Å². The number of hydrogen-bond donors (Lipinski definition) is 3. The molecule has 3 aliphatic rings. The van der Waals surface area contributed by atoms with Crippen LogP contribution in [0.4, 0.5) is 21.7 Å². The third-order valence-electron chi connectivity index (χ3n) is 7.23. The van der Waals surface area contributed by atoms with Gasteiger partial charge in [0.2, 0.25) is 0 Å². The monoisotopic (exact) mass is 484 g/mol. The Bertz CT molecular complexity index is 1100. The van der Waals surface area contributed by atoms with E-state index in [0.717, 1.165) is 24.1 Å². The maximum absolute atomic E-state index is 15.4. The van der Waals surface area contributed by atoms with E-state index < -0.39 is 11.8 Å². The molecule has 1 aromatic carbocycles. The van der Waals surface area contributed by atoms with E-state index in [4.69, 9.17) is 14.9 Å². The minimum atomic E-state index is -0.966. The maximum atomic E-state index is 15.4. The van der Waals surface area contributed by atoms with Crippen LogP contribution in [0.5, 0.6) is 6.01 Å². The Hall–Kier alpha value is -2.82. The fraction of sp³-hybridized carbons (Fsp3) is 0.560. The second kappa shape index (κ2) is 9.33. The van der Waals surface area contributed by atoms with E-state index in [9.17, 15) is 5.11 Å². The second-order valence-corrected chi connectivity index (χ2v) is 10.1. The molecule has 3 saturated heterocycles. The van der Waals surface area contributed by atoms with Crippen molar-refractivity contribution in [1.82, 2.24) is 14.9 Å². The number of halogens is 1. The average molecular weight is 485 g/mol. The first kappa shape index (κ1) is 23.9. The highest BCUT2D eigenvalue weighted by Crippen LogP contribution is 2.37. The molecule has 9 nitrogen and oxygen atoms in total. The van der Waals surface area contributed by atoms with Crippen LogP contribution >= 0.6 is 0 Å². The normalized spacial score (nSPS) is 24.4. The SMILES string of the molecule is COc1nc(Nc2cc(C3CCN(C4COC4)CC3F)c(C)cc2C=N)cc(N2CC(C)(O)C2)n1. The number of aryl methyl sites for hydroxylation is 1. The third-order valence-corrected chi connectivity index (χ3v) is 7.23. The molecule has 188 valence electrons. The molecule has 1 aromatic heterocycles. The van der Waals surface area contributed by atoms with E-state index in [-0.39, 0.29) is 11.9 Å². The van der Waals surface area contributed by atoms with Gasteiger partial charge in [-0.1, -0.05) is 0 Å². The first-order valence-electron chi connectivity index (χ1n) is 12.0. The number of likely N-dealkylation sites (tertiary alicyclic amines) is 1. The van der Waals surface area contributed by atoms with Gasteiger partial charge in [0.15, 0.2) is 0 Å². The van der Waals surface area contributed by atoms with E-state index in [0.29, 0.717) is 61.8 Å². The van der Waals surface area contributed by atoms with Crippen LogP contribution in [0.15, 0.2) is 18.2 Å². The summed E-state index contributed by atoms with van der Waals surface area (Å²) in [5.74, 6) is 0.949. The average Bonchev–Trinajstić information content (AvgIpc) is 2.77. The summed E-state index contributed by atoms with van der Waals surface area (Å²) in [4.78, 5) is 13.0. The van der Waals surface area contributed by atoms with Crippen LogP contribution < -0.4 is 15.0 Å². The lowest BCUT2D eigenvalue weighted by Gasteiger charge is -2.44. The lowest BCUT2D eigenvalue weighted by atomic mass is 9.84. The number of rotatable bonds is 7. The van der Waals surface area contributed by atoms with E-state index in [1.165, 1.54) is 13.3 Å². The van der Waals surface area contributed by atoms with Gasteiger partial charge in [-0.2, -0.15) is 9.97 Å². The summed E-state index contributed by atoms with van der Waals surface area (Å²) in [5.41, 5.74) is 2.57. The number of benzene rings is 1. The number of alkyl halides is 1. The number of nitrogens with zero attached hydrogens (tertiary/aromatic N) is 4.